The van der Waals surface area contributed by atoms with E-state index in [1.807, 2.05) is 41.3 Å². The number of methoxy groups -OCH3 is 1. The summed E-state index contributed by atoms with van der Waals surface area (Å²) in [4.78, 5) is 30.9. The molecule has 4 aliphatic rings. The first-order chi connectivity index (χ1) is 19.2. The summed E-state index contributed by atoms with van der Waals surface area (Å²) in [5.41, 5.74) is 1.79. The topological polar surface area (TPSA) is 68.3 Å². The predicted octanol–water partition coefficient (Wildman–Crippen LogP) is 3.95. The lowest BCUT2D eigenvalue weighted by molar-refractivity contribution is -0.221. The molecule has 2 aliphatic carbocycles. The lowest BCUT2D eigenvalue weighted by Crippen LogP contribution is -2.79. The number of likely N-dealkylation sites (tertiary alicyclic amines) is 1. The van der Waals surface area contributed by atoms with Crippen molar-refractivity contribution in [2.75, 3.05) is 27.2 Å². The second-order valence-corrected chi connectivity index (χ2v) is 12.1. The third kappa shape index (κ3) is 3.83. The fraction of sp³-hybridized carbons (Fsp3) is 0.515. The Balaban J connectivity index is 1.50. The van der Waals surface area contributed by atoms with Crippen LogP contribution in [0.4, 0.5) is 0 Å². The van der Waals surface area contributed by atoms with Gasteiger partial charge in [-0.15, -0.1) is 0 Å². The molecular formula is C33H38N2O5. The zero-order chi connectivity index (χ0) is 28.2. The number of amides is 1. The first kappa shape index (κ1) is 26.7. The highest BCUT2D eigenvalue weighted by molar-refractivity contribution is 5.94. The quantitative estimate of drug-likeness (QED) is 0.421. The summed E-state index contributed by atoms with van der Waals surface area (Å²) >= 11 is 0. The Morgan fingerprint density at radius 2 is 1.95 bits per heavy atom. The predicted molar refractivity (Wildman–Crippen MR) is 151 cm³/mol. The van der Waals surface area contributed by atoms with Crippen molar-refractivity contribution in [3.05, 3.63) is 59.2 Å². The SMILES string of the molecule is COc1ccc2c3c1O[C@H]1[C@H](N(CC(C)C)C(=O)C#Cc4ccccc4)CC[C@@]4(OC(C)=O)[C@@H](C2)N(C)CC[C@]314. The van der Waals surface area contributed by atoms with E-state index < -0.39 is 11.0 Å². The van der Waals surface area contributed by atoms with Crippen LogP contribution >= 0.6 is 0 Å². The second-order valence-electron chi connectivity index (χ2n) is 12.1. The highest BCUT2D eigenvalue weighted by Gasteiger charge is 2.75. The lowest BCUT2D eigenvalue weighted by atomic mass is 9.48. The van der Waals surface area contributed by atoms with E-state index in [0.29, 0.717) is 25.1 Å². The van der Waals surface area contributed by atoms with Crippen LogP contribution in [0.5, 0.6) is 11.5 Å². The van der Waals surface area contributed by atoms with Gasteiger partial charge in [0.05, 0.1) is 24.6 Å². The van der Waals surface area contributed by atoms with Crippen molar-refractivity contribution in [3.63, 3.8) is 0 Å². The summed E-state index contributed by atoms with van der Waals surface area (Å²) in [6, 6.07) is 13.5. The molecule has 5 atom stereocenters. The minimum Gasteiger partial charge on any atom is -0.493 e. The monoisotopic (exact) mass is 542 g/mol. The number of rotatable bonds is 5. The van der Waals surface area contributed by atoms with Gasteiger partial charge >= 0.3 is 5.97 Å². The summed E-state index contributed by atoms with van der Waals surface area (Å²) in [6.45, 7) is 7.16. The van der Waals surface area contributed by atoms with Crippen LogP contribution in [0.1, 0.15) is 56.7 Å². The van der Waals surface area contributed by atoms with Crippen molar-refractivity contribution < 1.29 is 23.8 Å². The van der Waals surface area contributed by atoms with E-state index in [1.54, 1.807) is 7.11 Å². The highest BCUT2D eigenvalue weighted by Crippen LogP contribution is 2.67. The average molecular weight is 543 g/mol. The van der Waals surface area contributed by atoms with Crippen LogP contribution in [0.15, 0.2) is 42.5 Å². The Morgan fingerprint density at radius 3 is 2.65 bits per heavy atom. The molecule has 1 spiro atoms. The molecule has 2 aromatic rings. The number of hydrogen-bond acceptors (Lipinski definition) is 6. The van der Waals surface area contributed by atoms with Crippen molar-refractivity contribution in [3.8, 4) is 23.3 Å². The molecule has 2 fully saturated rings. The van der Waals surface area contributed by atoms with E-state index >= 15 is 0 Å². The largest absolute Gasteiger partial charge is 0.493 e. The van der Waals surface area contributed by atoms with E-state index in [2.05, 4.69) is 43.7 Å². The standard InChI is InChI=1S/C33H38N2O5/c1-21(2)20-35(28(37)14-11-23-9-7-6-8-10-23)25-15-16-33(40-22(3)36)27-19-24-12-13-26(38-5)30-29(24)32(33,31(25)39-30)17-18-34(27)4/h6-10,12-13,21,25,27,31H,15-20H2,1-5H3/t25-,27-,31+,32+,33-/m1/s1. The number of nitrogens with zero attached hydrogens (tertiary/aromatic N) is 2. The van der Waals surface area contributed by atoms with Crippen LogP contribution in [0.2, 0.25) is 0 Å². The van der Waals surface area contributed by atoms with E-state index in [4.69, 9.17) is 14.2 Å². The van der Waals surface area contributed by atoms with Crippen LogP contribution in [-0.2, 0) is 26.2 Å². The maximum Gasteiger partial charge on any atom is 0.303 e. The first-order valence-electron chi connectivity index (χ1n) is 14.4. The minimum atomic E-state index is -0.750. The van der Waals surface area contributed by atoms with Gasteiger partial charge in [0.1, 0.15) is 11.7 Å². The average Bonchev–Trinajstić information content (AvgIpc) is 3.28. The van der Waals surface area contributed by atoms with E-state index in [0.717, 1.165) is 36.3 Å². The van der Waals surface area contributed by atoms with Gasteiger partial charge in [0.15, 0.2) is 11.5 Å². The van der Waals surface area contributed by atoms with Crippen LogP contribution in [0, 0.1) is 17.8 Å². The van der Waals surface area contributed by atoms with Crippen molar-refractivity contribution in [2.45, 2.75) is 75.7 Å². The number of esters is 1. The summed E-state index contributed by atoms with van der Waals surface area (Å²) < 4.78 is 19.2. The minimum absolute atomic E-state index is 0.0242. The van der Waals surface area contributed by atoms with E-state index in [9.17, 15) is 9.59 Å². The Bertz CT molecular complexity index is 1390. The number of carbonyl (C=O) groups is 2. The van der Waals surface area contributed by atoms with Gasteiger partial charge in [0.25, 0.3) is 5.91 Å². The van der Waals surface area contributed by atoms with Crippen LogP contribution in [0.25, 0.3) is 0 Å². The molecule has 6 rings (SSSR count). The number of carbonyl (C=O) groups excluding carboxylic acids is 2. The molecule has 1 saturated carbocycles. The molecule has 2 aromatic carbocycles. The lowest BCUT2D eigenvalue weighted by Gasteiger charge is -2.65. The maximum atomic E-state index is 13.9. The normalized spacial score (nSPS) is 29.5. The Morgan fingerprint density at radius 1 is 1.18 bits per heavy atom. The van der Waals surface area contributed by atoms with Gasteiger partial charge in [-0.25, -0.2) is 0 Å². The molecule has 1 amide bonds. The van der Waals surface area contributed by atoms with Gasteiger partial charge in [-0.1, -0.05) is 44.0 Å². The van der Waals surface area contributed by atoms with Crippen molar-refractivity contribution in [2.24, 2.45) is 5.92 Å². The maximum absolute atomic E-state index is 13.9. The van der Waals surface area contributed by atoms with Gasteiger partial charge in [0, 0.05) is 30.5 Å². The van der Waals surface area contributed by atoms with Gasteiger partial charge in [-0.3, -0.25) is 14.5 Å². The molecule has 210 valence electrons. The van der Waals surface area contributed by atoms with E-state index in [-0.39, 0.29) is 36.0 Å². The number of benzene rings is 2. The summed E-state index contributed by atoms with van der Waals surface area (Å²) in [5, 5.41) is 0. The molecule has 2 bridgehead atoms. The van der Waals surface area contributed by atoms with Gasteiger partial charge in [-0.2, -0.15) is 0 Å². The zero-order valence-corrected chi connectivity index (χ0v) is 24.0. The number of piperidine rings is 1. The molecular weight excluding hydrogens is 504 g/mol. The smallest absolute Gasteiger partial charge is 0.303 e. The van der Waals surface area contributed by atoms with Crippen molar-refractivity contribution in [1.29, 1.82) is 0 Å². The van der Waals surface area contributed by atoms with Gasteiger partial charge < -0.3 is 19.1 Å². The summed E-state index contributed by atoms with van der Waals surface area (Å²) in [5.74, 6) is 7.17. The molecule has 2 aliphatic heterocycles. The second kappa shape index (κ2) is 9.85. The summed E-state index contributed by atoms with van der Waals surface area (Å²) in [6.07, 6.45) is 2.46. The Hall–Kier alpha value is -3.50. The molecule has 1 saturated heterocycles. The third-order valence-corrected chi connectivity index (χ3v) is 9.50. The third-order valence-electron chi connectivity index (χ3n) is 9.50. The number of likely N-dealkylation sites (N-methyl/N-ethyl adjacent to an activating group) is 1. The first-order valence-corrected chi connectivity index (χ1v) is 14.4. The fourth-order valence-corrected chi connectivity index (χ4v) is 8.11. The molecule has 40 heavy (non-hydrogen) atoms. The fourth-order valence-electron chi connectivity index (χ4n) is 8.11. The van der Waals surface area contributed by atoms with Gasteiger partial charge in [0.2, 0.25) is 0 Å². The Kier molecular flexibility index (Phi) is 6.58. The molecule has 0 unspecified atom stereocenters. The molecule has 7 nitrogen and oxygen atoms in total. The van der Waals surface area contributed by atoms with Crippen LogP contribution in [0.3, 0.4) is 0 Å². The molecule has 0 radical (unpaired) electrons. The Labute approximate surface area is 236 Å². The van der Waals surface area contributed by atoms with Gasteiger partial charge in [-0.05, 0) is 69.0 Å². The van der Waals surface area contributed by atoms with Crippen LogP contribution in [-0.4, -0.2) is 72.7 Å². The summed E-state index contributed by atoms with van der Waals surface area (Å²) in [7, 11) is 3.79. The zero-order valence-electron chi connectivity index (χ0n) is 24.0. The molecule has 0 aromatic heterocycles. The van der Waals surface area contributed by atoms with E-state index in [1.165, 1.54) is 12.5 Å². The number of hydrogen-bond donors (Lipinski definition) is 0. The molecule has 0 N–H and O–H groups in total. The van der Waals surface area contributed by atoms with Crippen LogP contribution < -0.4 is 9.47 Å². The molecule has 7 heteroatoms. The molecule has 2 heterocycles. The van der Waals surface area contributed by atoms with Crippen molar-refractivity contribution >= 4 is 11.9 Å². The number of ether oxygens (including phenoxy) is 3. The van der Waals surface area contributed by atoms with Crippen molar-refractivity contribution in [1.82, 2.24) is 9.80 Å². The highest BCUT2D eigenvalue weighted by atomic mass is 16.6.